The van der Waals surface area contributed by atoms with Gasteiger partial charge < -0.3 is 14.7 Å². The van der Waals surface area contributed by atoms with Gasteiger partial charge in [-0.1, -0.05) is 0 Å². The second-order valence-corrected chi connectivity index (χ2v) is 2.76. The number of morpholine rings is 1. The summed E-state index contributed by atoms with van der Waals surface area (Å²) in [5.41, 5.74) is 0. The summed E-state index contributed by atoms with van der Waals surface area (Å²) in [5, 5.41) is 8.40. The van der Waals surface area contributed by atoms with Gasteiger partial charge in [0.15, 0.2) is 0 Å². The molecular weight excluding hydrogens is 146 g/mol. The van der Waals surface area contributed by atoms with E-state index in [2.05, 4.69) is 0 Å². The van der Waals surface area contributed by atoms with Crippen molar-refractivity contribution in [2.75, 3.05) is 32.8 Å². The van der Waals surface area contributed by atoms with Gasteiger partial charge in [0.25, 0.3) is 0 Å². The van der Waals surface area contributed by atoms with E-state index in [0.29, 0.717) is 0 Å². The molecular formula is C7H14NO3+. The van der Waals surface area contributed by atoms with Gasteiger partial charge in [-0.25, -0.2) is 0 Å². The number of quaternary nitrogens is 1. The zero-order valence-electron chi connectivity index (χ0n) is 6.51. The van der Waals surface area contributed by atoms with E-state index in [1.54, 1.807) is 0 Å². The van der Waals surface area contributed by atoms with Gasteiger partial charge in [-0.05, 0) is 0 Å². The third-order valence-electron chi connectivity index (χ3n) is 1.89. The van der Waals surface area contributed by atoms with E-state index in [-0.39, 0.29) is 6.42 Å². The van der Waals surface area contributed by atoms with Crippen molar-refractivity contribution in [3.05, 3.63) is 0 Å². The number of carboxylic acid groups (broad SMARTS) is 1. The van der Waals surface area contributed by atoms with E-state index in [1.165, 1.54) is 4.90 Å². The van der Waals surface area contributed by atoms with Gasteiger partial charge in [-0.2, -0.15) is 0 Å². The van der Waals surface area contributed by atoms with E-state index < -0.39 is 5.97 Å². The van der Waals surface area contributed by atoms with Crippen LogP contribution in [0.3, 0.4) is 0 Å². The van der Waals surface area contributed by atoms with Gasteiger partial charge in [0.05, 0.1) is 26.2 Å². The summed E-state index contributed by atoms with van der Waals surface area (Å²) in [6.07, 6.45) is 0.273. The molecule has 0 aromatic heterocycles. The molecule has 0 atom stereocenters. The summed E-state index contributed by atoms with van der Waals surface area (Å²) < 4.78 is 5.14. The molecule has 0 spiro atoms. The third-order valence-corrected chi connectivity index (χ3v) is 1.89. The lowest BCUT2D eigenvalue weighted by molar-refractivity contribution is -0.907. The topological polar surface area (TPSA) is 51.0 Å². The molecule has 1 saturated heterocycles. The summed E-state index contributed by atoms with van der Waals surface area (Å²) in [6, 6.07) is 0. The highest BCUT2D eigenvalue weighted by Crippen LogP contribution is 1.77. The van der Waals surface area contributed by atoms with Crippen LogP contribution in [0.5, 0.6) is 0 Å². The minimum absolute atomic E-state index is 0.273. The molecule has 0 aromatic rings. The lowest BCUT2D eigenvalue weighted by Gasteiger charge is -2.22. The summed E-state index contributed by atoms with van der Waals surface area (Å²) >= 11 is 0. The molecule has 1 rings (SSSR count). The van der Waals surface area contributed by atoms with E-state index in [0.717, 1.165) is 32.8 Å². The Bertz CT molecular complexity index is 132. The molecule has 0 aliphatic carbocycles. The number of carboxylic acids is 1. The Morgan fingerprint density at radius 2 is 2.09 bits per heavy atom. The standard InChI is InChI=1S/C7H13NO3/c9-7(10)1-2-8-3-5-11-6-4-8/h1-6H2,(H,9,10)/p+1. The van der Waals surface area contributed by atoms with Gasteiger partial charge in [0.2, 0.25) is 0 Å². The molecule has 0 unspecified atom stereocenters. The molecule has 0 aromatic carbocycles. The highest BCUT2D eigenvalue weighted by Gasteiger charge is 2.14. The van der Waals surface area contributed by atoms with Crippen LogP contribution in [0.4, 0.5) is 0 Å². The fourth-order valence-electron chi connectivity index (χ4n) is 1.19. The maximum absolute atomic E-state index is 10.2. The maximum Gasteiger partial charge on any atom is 0.309 e. The molecule has 11 heavy (non-hydrogen) atoms. The van der Waals surface area contributed by atoms with Crippen molar-refractivity contribution in [3.63, 3.8) is 0 Å². The molecule has 2 N–H and O–H groups in total. The zero-order chi connectivity index (χ0) is 8.10. The van der Waals surface area contributed by atoms with E-state index in [1.807, 2.05) is 0 Å². The van der Waals surface area contributed by atoms with Gasteiger partial charge in [-0.15, -0.1) is 0 Å². The van der Waals surface area contributed by atoms with Crippen LogP contribution in [0.25, 0.3) is 0 Å². The SMILES string of the molecule is O=C(O)CC[NH+]1CCOCC1. The minimum Gasteiger partial charge on any atom is -0.481 e. The van der Waals surface area contributed by atoms with E-state index in [9.17, 15) is 4.79 Å². The normalized spacial score (nSPS) is 20.0. The number of ether oxygens (including phenoxy) is 1. The average Bonchev–Trinajstić information content (AvgIpc) is 2.03. The Balaban J connectivity index is 2.09. The zero-order valence-corrected chi connectivity index (χ0v) is 6.51. The van der Waals surface area contributed by atoms with Gasteiger partial charge in [-0.3, -0.25) is 4.79 Å². The molecule has 0 radical (unpaired) electrons. The number of rotatable bonds is 3. The van der Waals surface area contributed by atoms with E-state index in [4.69, 9.17) is 9.84 Å². The second kappa shape index (κ2) is 4.31. The second-order valence-electron chi connectivity index (χ2n) is 2.76. The summed E-state index contributed by atoms with van der Waals surface area (Å²) in [6.45, 7) is 4.18. The molecule has 1 heterocycles. The summed E-state index contributed by atoms with van der Waals surface area (Å²) in [7, 11) is 0. The van der Waals surface area contributed by atoms with Crippen LogP contribution in [-0.4, -0.2) is 43.9 Å². The smallest absolute Gasteiger partial charge is 0.309 e. The average molecular weight is 160 g/mol. The predicted molar refractivity (Wildman–Crippen MR) is 38.6 cm³/mol. The molecule has 64 valence electrons. The summed E-state index contributed by atoms with van der Waals surface area (Å²) in [4.78, 5) is 11.5. The Morgan fingerprint density at radius 3 is 2.64 bits per heavy atom. The van der Waals surface area contributed by atoms with Crippen LogP contribution in [0.15, 0.2) is 0 Å². The van der Waals surface area contributed by atoms with Gasteiger partial charge in [0, 0.05) is 0 Å². The first-order valence-electron chi connectivity index (χ1n) is 3.92. The molecule has 1 fully saturated rings. The van der Waals surface area contributed by atoms with Crippen molar-refractivity contribution in [1.82, 2.24) is 0 Å². The van der Waals surface area contributed by atoms with Crippen molar-refractivity contribution in [2.45, 2.75) is 6.42 Å². The number of hydrogen-bond acceptors (Lipinski definition) is 2. The van der Waals surface area contributed by atoms with Crippen molar-refractivity contribution >= 4 is 5.97 Å². The Morgan fingerprint density at radius 1 is 1.45 bits per heavy atom. The van der Waals surface area contributed by atoms with E-state index >= 15 is 0 Å². The Hall–Kier alpha value is -0.610. The number of aliphatic carboxylic acids is 1. The molecule has 1 aliphatic rings. The largest absolute Gasteiger partial charge is 0.481 e. The van der Waals surface area contributed by atoms with Crippen LogP contribution in [0.2, 0.25) is 0 Å². The van der Waals surface area contributed by atoms with Crippen LogP contribution < -0.4 is 4.90 Å². The lowest BCUT2D eigenvalue weighted by Crippen LogP contribution is -3.14. The highest BCUT2D eigenvalue weighted by atomic mass is 16.5. The Kier molecular flexibility index (Phi) is 3.32. The highest BCUT2D eigenvalue weighted by molar-refractivity contribution is 5.66. The van der Waals surface area contributed by atoms with Crippen LogP contribution in [-0.2, 0) is 9.53 Å². The van der Waals surface area contributed by atoms with Crippen LogP contribution >= 0.6 is 0 Å². The fraction of sp³-hybridized carbons (Fsp3) is 0.857. The molecule has 4 heteroatoms. The van der Waals surface area contributed by atoms with Crippen LogP contribution in [0, 0.1) is 0 Å². The van der Waals surface area contributed by atoms with Crippen molar-refractivity contribution in [2.24, 2.45) is 0 Å². The summed E-state index contributed by atoms with van der Waals surface area (Å²) in [5.74, 6) is -0.705. The Labute approximate surface area is 65.8 Å². The molecule has 0 amide bonds. The first kappa shape index (κ1) is 8.49. The fourth-order valence-corrected chi connectivity index (χ4v) is 1.19. The molecule has 0 saturated carbocycles. The lowest BCUT2D eigenvalue weighted by atomic mass is 10.3. The van der Waals surface area contributed by atoms with Crippen molar-refractivity contribution in [3.8, 4) is 0 Å². The maximum atomic E-state index is 10.2. The molecule has 4 nitrogen and oxygen atoms in total. The number of carbonyl (C=O) groups is 1. The van der Waals surface area contributed by atoms with Crippen molar-refractivity contribution in [1.29, 1.82) is 0 Å². The quantitative estimate of drug-likeness (QED) is 0.521. The van der Waals surface area contributed by atoms with Gasteiger partial charge in [0.1, 0.15) is 13.1 Å². The number of nitrogens with one attached hydrogen (secondary N) is 1. The minimum atomic E-state index is -0.705. The van der Waals surface area contributed by atoms with Crippen molar-refractivity contribution < 1.29 is 19.5 Å². The van der Waals surface area contributed by atoms with Crippen LogP contribution in [0.1, 0.15) is 6.42 Å². The first-order valence-corrected chi connectivity index (χ1v) is 3.92. The first-order chi connectivity index (χ1) is 5.29. The molecule has 1 aliphatic heterocycles. The third kappa shape index (κ3) is 3.34. The number of hydrogen-bond donors (Lipinski definition) is 2. The monoisotopic (exact) mass is 160 g/mol. The predicted octanol–water partition coefficient (Wildman–Crippen LogP) is -1.62. The molecule has 0 bridgehead atoms. The van der Waals surface area contributed by atoms with Gasteiger partial charge >= 0.3 is 5.97 Å².